The lowest BCUT2D eigenvalue weighted by Crippen LogP contribution is -2.17. The summed E-state index contributed by atoms with van der Waals surface area (Å²) in [4.78, 5) is 15.3. The van der Waals surface area contributed by atoms with E-state index in [1.165, 1.54) is 6.20 Å². The fraction of sp³-hybridized carbons (Fsp3) is 0.200. The Kier molecular flexibility index (Phi) is 3.02. The number of ether oxygens (including phenoxy) is 1. The van der Waals surface area contributed by atoms with Gasteiger partial charge in [-0.2, -0.15) is 0 Å². The minimum atomic E-state index is -0.415. The van der Waals surface area contributed by atoms with Crippen molar-refractivity contribution in [3.8, 4) is 5.75 Å². The van der Waals surface area contributed by atoms with Gasteiger partial charge in [-0.1, -0.05) is 0 Å². The molecule has 3 rings (SSSR count). The van der Waals surface area contributed by atoms with E-state index in [1.807, 2.05) is 24.3 Å². The molecule has 0 aliphatic carbocycles. The third kappa shape index (κ3) is 2.18. The molecule has 0 radical (unpaired) electrons. The van der Waals surface area contributed by atoms with Gasteiger partial charge < -0.3 is 14.9 Å². The number of nitrogens with zero attached hydrogens (tertiary/aromatic N) is 1. The molecule has 0 bridgehead atoms. The summed E-state index contributed by atoms with van der Waals surface area (Å²) in [6.45, 7) is 0. The number of nitrogens with two attached hydrogens (primary N) is 1. The molecule has 1 aromatic carbocycles. The number of furan rings is 1. The molecule has 0 saturated heterocycles. The zero-order valence-electron chi connectivity index (χ0n) is 11.1. The number of methoxy groups -OCH3 is 1. The first kappa shape index (κ1) is 12.5. The fourth-order valence-corrected chi connectivity index (χ4v) is 2.20. The van der Waals surface area contributed by atoms with E-state index < -0.39 is 5.91 Å². The number of carbonyl (C=O) groups is 1. The quantitative estimate of drug-likeness (QED) is 0.930. The summed E-state index contributed by atoms with van der Waals surface area (Å²) < 4.78 is 11.0. The predicted octanol–water partition coefficient (Wildman–Crippen LogP) is 2.39. The number of amides is 1. The molecule has 1 amide bonds. The summed E-state index contributed by atoms with van der Waals surface area (Å²) in [7, 11) is 1.63. The topological polar surface area (TPSA) is 77.8 Å². The summed E-state index contributed by atoms with van der Waals surface area (Å²) in [5.74, 6) is 1.08. The highest BCUT2D eigenvalue weighted by atomic mass is 16.5. The van der Waals surface area contributed by atoms with Crippen molar-refractivity contribution in [3.63, 3.8) is 0 Å². The van der Waals surface area contributed by atoms with Crippen LogP contribution in [-0.4, -0.2) is 18.7 Å². The van der Waals surface area contributed by atoms with Gasteiger partial charge in [0.2, 0.25) is 5.91 Å². The van der Waals surface area contributed by atoms with Gasteiger partial charge in [-0.25, -0.2) is 0 Å². The third-order valence-corrected chi connectivity index (χ3v) is 3.33. The van der Waals surface area contributed by atoms with Crippen LogP contribution in [0.2, 0.25) is 0 Å². The van der Waals surface area contributed by atoms with Crippen LogP contribution in [0.4, 0.5) is 0 Å². The fourth-order valence-electron chi connectivity index (χ4n) is 2.20. The monoisotopic (exact) mass is 270 g/mol. The van der Waals surface area contributed by atoms with Crippen molar-refractivity contribution >= 4 is 22.6 Å². The first-order valence-electron chi connectivity index (χ1n) is 6.31. The first-order valence-corrected chi connectivity index (χ1v) is 6.31. The molecule has 20 heavy (non-hydrogen) atoms. The lowest BCUT2D eigenvalue weighted by atomic mass is 10.0. The summed E-state index contributed by atoms with van der Waals surface area (Å²) in [6, 6.07) is 7.56. The maximum absolute atomic E-state index is 11.1. The average molecular weight is 270 g/mol. The molecule has 0 atom stereocenters. The molecule has 5 nitrogen and oxygen atoms in total. The van der Waals surface area contributed by atoms with Crippen LogP contribution >= 0.6 is 0 Å². The van der Waals surface area contributed by atoms with Gasteiger partial charge in [0.25, 0.3) is 0 Å². The zero-order chi connectivity index (χ0) is 14.1. The van der Waals surface area contributed by atoms with E-state index in [0.717, 1.165) is 22.4 Å². The number of primary amides is 1. The van der Waals surface area contributed by atoms with Gasteiger partial charge >= 0.3 is 0 Å². The minimum Gasteiger partial charge on any atom is -0.497 e. The van der Waals surface area contributed by atoms with Crippen LogP contribution in [-0.2, 0) is 4.79 Å². The summed E-state index contributed by atoms with van der Waals surface area (Å²) in [5, 5.41) is 0.965. The van der Waals surface area contributed by atoms with E-state index in [-0.39, 0.29) is 0 Å². The van der Waals surface area contributed by atoms with Gasteiger partial charge in [0.1, 0.15) is 17.1 Å². The molecule has 0 unspecified atom stereocenters. The molecule has 0 spiro atoms. The molecular formula is C15H14N2O3. The molecule has 0 saturated carbocycles. The molecular weight excluding hydrogens is 256 g/mol. The van der Waals surface area contributed by atoms with E-state index in [9.17, 15) is 4.79 Å². The Bertz CT molecular complexity index is 741. The van der Waals surface area contributed by atoms with Crippen LogP contribution in [0.3, 0.4) is 0 Å². The maximum atomic E-state index is 11.1. The van der Waals surface area contributed by atoms with Crippen molar-refractivity contribution in [3.05, 3.63) is 41.8 Å². The van der Waals surface area contributed by atoms with Crippen LogP contribution in [0.15, 0.2) is 45.4 Å². The zero-order valence-corrected chi connectivity index (χ0v) is 11.1. The second-order valence-corrected chi connectivity index (χ2v) is 4.61. The Labute approximate surface area is 115 Å². The van der Waals surface area contributed by atoms with E-state index >= 15 is 0 Å². The van der Waals surface area contributed by atoms with Crippen molar-refractivity contribution in [2.75, 3.05) is 7.11 Å². The van der Waals surface area contributed by atoms with Gasteiger partial charge in [0, 0.05) is 17.2 Å². The van der Waals surface area contributed by atoms with E-state index in [2.05, 4.69) is 4.99 Å². The van der Waals surface area contributed by atoms with Crippen molar-refractivity contribution in [1.29, 1.82) is 0 Å². The number of aliphatic imine (C=N–C) groups is 1. The normalized spacial score (nSPS) is 14.8. The van der Waals surface area contributed by atoms with Gasteiger partial charge in [-0.3, -0.25) is 9.79 Å². The number of hydrogen-bond acceptors (Lipinski definition) is 4. The van der Waals surface area contributed by atoms with Gasteiger partial charge in [0.15, 0.2) is 0 Å². The lowest BCUT2D eigenvalue weighted by Gasteiger charge is -2.08. The van der Waals surface area contributed by atoms with E-state index in [0.29, 0.717) is 24.2 Å². The summed E-state index contributed by atoms with van der Waals surface area (Å²) in [6.07, 6.45) is 2.76. The van der Waals surface area contributed by atoms with Crippen molar-refractivity contribution < 1.29 is 13.9 Å². The van der Waals surface area contributed by atoms with Gasteiger partial charge in [-0.05, 0) is 37.1 Å². The molecule has 1 aromatic heterocycles. The molecule has 1 aliphatic heterocycles. The highest BCUT2D eigenvalue weighted by molar-refractivity contribution is 6.04. The Morgan fingerprint density at radius 2 is 2.20 bits per heavy atom. The maximum Gasteiger partial charge on any atom is 0.246 e. The molecule has 2 N–H and O–H groups in total. The smallest absolute Gasteiger partial charge is 0.246 e. The number of hydrogen-bond donors (Lipinski definition) is 1. The predicted molar refractivity (Wildman–Crippen MR) is 75.8 cm³/mol. The Morgan fingerprint density at radius 1 is 1.35 bits per heavy atom. The standard InChI is InChI=1S/C15H14N2O3/c1-19-11-3-5-13-10(6-11)7-14(20-13)12-4-2-9(8-17-12)15(16)18/h3,5-8H,2,4H2,1H3,(H2,16,18). The number of carbonyl (C=O) groups excluding carboxylic acids is 1. The second-order valence-electron chi connectivity index (χ2n) is 4.61. The Balaban J connectivity index is 1.97. The molecule has 0 fully saturated rings. The van der Waals surface area contributed by atoms with Crippen LogP contribution in [0.5, 0.6) is 5.75 Å². The molecule has 2 heterocycles. The Morgan fingerprint density at radius 3 is 2.85 bits per heavy atom. The van der Waals surface area contributed by atoms with Gasteiger partial charge in [-0.15, -0.1) is 0 Å². The largest absolute Gasteiger partial charge is 0.497 e. The average Bonchev–Trinajstić information content (AvgIpc) is 2.90. The molecule has 1 aliphatic rings. The highest BCUT2D eigenvalue weighted by Crippen LogP contribution is 2.26. The van der Waals surface area contributed by atoms with E-state index in [1.54, 1.807) is 7.11 Å². The van der Waals surface area contributed by atoms with Crippen molar-refractivity contribution in [2.24, 2.45) is 10.7 Å². The van der Waals surface area contributed by atoms with E-state index in [4.69, 9.17) is 14.9 Å². The van der Waals surface area contributed by atoms with Crippen LogP contribution in [0.1, 0.15) is 18.6 Å². The SMILES string of the molecule is COc1ccc2oc(C3=NC=C(C(N)=O)CC3)cc2c1. The third-order valence-electron chi connectivity index (χ3n) is 3.33. The lowest BCUT2D eigenvalue weighted by molar-refractivity contribution is -0.114. The van der Waals surface area contributed by atoms with Crippen molar-refractivity contribution in [1.82, 2.24) is 0 Å². The molecule has 2 aromatic rings. The number of rotatable bonds is 3. The summed E-state index contributed by atoms with van der Waals surface area (Å²) >= 11 is 0. The summed E-state index contributed by atoms with van der Waals surface area (Å²) in [5.41, 5.74) is 7.39. The first-order chi connectivity index (χ1) is 9.67. The molecule has 5 heteroatoms. The molecule has 102 valence electrons. The van der Waals surface area contributed by atoms with Crippen LogP contribution in [0.25, 0.3) is 11.0 Å². The minimum absolute atomic E-state index is 0.415. The van der Waals surface area contributed by atoms with Gasteiger partial charge in [0.05, 0.1) is 12.8 Å². The number of fused-ring (bicyclic) bond motifs is 1. The van der Waals surface area contributed by atoms with Crippen LogP contribution in [0, 0.1) is 0 Å². The highest BCUT2D eigenvalue weighted by Gasteiger charge is 2.16. The number of benzene rings is 1. The van der Waals surface area contributed by atoms with Crippen molar-refractivity contribution in [2.45, 2.75) is 12.8 Å². The second kappa shape index (κ2) is 4.85. The Hall–Kier alpha value is -2.56. The van der Waals surface area contributed by atoms with Crippen LogP contribution < -0.4 is 10.5 Å².